The summed E-state index contributed by atoms with van der Waals surface area (Å²) in [6, 6.07) is 0. The van der Waals surface area contributed by atoms with Crippen LogP contribution in [0.2, 0.25) is 0 Å². The molecule has 0 aromatic heterocycles. The van der Waals surface area contributed by atoms with E-state index >= 15 is 0 Å². The first-order valence-corrected chi connectivity index (χ1v) is 4.17. The number of nitrogens with zero attached hydrogens (tertiary/aromatic N) is 1. The molecule has 0 saturated carbocycles. The molecule has 1 rings (SSSR count). The molecule has 0 aromatic carbocycles. The Labute approximate surface area is 68.3 Å². The third kappa shape index (κ3) is 3.86. The molecule has 1 fully saturated rings. The van der Waals surface area contributed by atoms with Crippen LogP contribution in [-0.4, -0.2) is 30.7 Å². The van der Waals surface area contributed by atoms with Crippen LogP contribution < -0.4 is 0 Å². The molecule has 0 unspecified atom stereocenters. The van der Waals surface area contributed by atoms with Crippen molar-refractivity contribution >= 4 is 6.09 Å². The van der Waals surface area contributed by atoms with E-state index in [2.05, 4.69) is 18.6 Å². The van der Waals surface area contributed by atoms with Crippen molar-refractivity contribution in [2.45, 2.75) is 27.2 Å². The molecule has 0 aromatic rings. The highest BCUT2D eigenvalue weighted by Crippen LogP contribution is 2.00. The van der Waals surface area contributed by atoms with Gasteiger partial charge in [-0.1, -0.05) is 20.3 Å². The summed E-state index contributed by atoms with van der Waals surface area (Å²) in [4.78, 5) is 12.2. The van der Waals surface area contributed by atoms with E-state index in [1.54, 1.807) is 4.90 Å². The number of amides is 1. The molecular weight excluding hydrogens is 142 g/mol. The second kappa shape index (κ2) is 6.01. The van der Waals surface area contributed by atoms with Crippen molar-refractivity contribution in [1.29, 1.82) is 0 Å². The lowest BCUT2D eigenvalue weighted by Gasteiger charge is -2.05. The lowest BCUT2D eigenvalue weighted by atomic mass is 10.6. The zero-order chi connectivity index (χ0) is 8.69. The first kappa shape index (κ1) is 10.3. The lowest BCUT2D eigenvalue weighted by Crippen LogP contribution is -2.23. The maximum absolute atomic E-state index is 10.5. The quantitative estimate of drug-likeness (QED) is 0.584. The number of cyclic esters (lactones) is 1. The van der Waals surface area contributed by atoms with Crippen molar-refractivity contribution in [3.05, 3.63) is 0 Å². The molecule has 0 radical (unpaired) electrons. The largest absolute Gasteiger partial charge is 0.448 e. The van der Waals surface area contributed by atoms with Gasteiger partial charge in [-0.05, 0) is 6.92 Å². The van der Waals surface area contributed by atoms with Crippen molar-refractivity contribution in [2.24, 2.45) is 0 Å². The zero-order valence-electron chi connectivity index (χ0n) is 7.59. The highest BCUT2D eigenvalue weighted by molar-refractivity contribution is 5.69. The van der Waals surface area contributed by atoms with E-state index in [4.69, 9.17) is 0 Å². The highest BCUT2D eigenvalue weighted by Gasteiger charge is 2.18. The van der Waals surface area contributed by atoms with Gasteiger partial charge in [0, 0.05) is 6.54 Å². The minimum Gasteiger partial charge on any atom is -0.448 e. The Morgan fingerprint density at radius 2 is 2.00 bits per heavy atom. The number of carbonyl (C=O) groups excluding carboxylic acids is 1. The number of carbonyl (C=O) groups is 1. The Bertz CT molecular complexity index is 115. The van der Waals surface area contributed by atoms with E-state index in [1.807, 2.05) is 6.92 Å². The molecule has 0 atom stereocenters. The Morgan fingerprint density at radius 1 is 1.45 bits per heavy atom. The summed E-state index contributed by atoms with van der Waals surface area (Å²) in [6.07, 6.45) is 1.08. The maximum Gasteiger partial charge on any atom is 0.409 e. The van der Waals surface area contributed by atoms with Crippen LogP contribution in [-0.2, 0) is 4.74 Å². The van der Waals surface area contributed by atoms with E-state index in [9.17, 15) is 4.79 Å². The smallest absolute Gasteiger partial charge is 0.409 e. The highest BCUT2D eigenvalue weighted by atomic mass is 16.6. The van der Waals surface area contributed by atoms with Crippen molar-refractivity contribution in [1.82, 2.24) is 4.90 Å². The van der Waals surface area contributed by atoms with E-state index in [0.717, 1.165) is 13.1 Å². The molecule has 1 saturated heterocycles. The Hall–Kier alpha value is -0.730. The monoisotopic (exact) mass is 159 g/mol. The van der Waals surface area contributed by atoms with E-state index in [1.165, 1.54) is 6.42 Å². The van der Waals surface area contributed by atoms with Gasteiger partial charge in [-0.15, -0.1) is 0 Å². The van der Waals surface area contributed by atoms with E-state index < -0.39 is 0 Å². The van der Waals surface area contributed by atoms with Crippen LogP contribution in [0.4, 0.5) is 4.79 Å². The lowest BCUT2D eigenvalue weighted by molar-refractivity contribution is 0.159. The number of hydrogen-bond donors (Lipinski definition) is 0. The molecule has 66 valence electrons. The van der Waals surface area contributed by atoms with Crippen LogP contribution in [0, 0.1) is 0 Å². The average molecular weight is 159 g/mol. The van der Waals surface area contributed by atoms with Gasteiger partial charge in [0.2, 0.25) is 0 Å². The van der Waals surface area contributed by atoms with Crippen molar-refractivity contribution in [2.75, 3.05) is 19.7 Å². The van der Waals surface area contributed by atoms with Gasteiger partial charge in [0.15, 0.2) is 0 Å². The molecule has 1 heterocycles. The molecule has 0 N–H and O–H groups in total. The third-order valence-corrected chi connectivity index (χ3v) is 1.23. The average Bonchev–Trinajstić information content (AvgIpc) is 2.36. The summed E-state index contributed by atoms with van der Waals surface area (Å²) in [5.41, 5.74) is 0. The Balaban J connectivity index is 0.000000292. The summed E-state index contributed by atoms with van der Waals surface area (Å²) in [7, 11) is 0. The fraction of sp³-hybridized carbons (Fsp3) is 0.875. The van der Waals surface area contributed by atoms with Crippen molar-refractivity contribution < 1.29 is 9.53 Å². The molecule has 0 spiro atoms. The minimum absolute atomic E-state index is 0.174. The van der Waals surface area contributed by atoms with Crippen LogP contribution in [0.15, 0.2) is 0 Å². The molecule has 1 amide bonds. The van der Waals surface area contributed by atoms with Crippen molar-refractivity contribution in [3.8, 4) is 0 Å². The molecule has 0 bridgehead atoms. The second-order valence-corrected chi connectivity index (χ2v) is 2.40. The van der Waals surface area contributed by atoms with Gasteiger partial charge >= 0.3 is 6.09 Å². The first-order chi connectivity index (χ1) is 5.26. The van der Waals surface area contributed by atoms with Crippen LogP contribution >= 0.6 is 0 Å². The SMILES string of the molecule is CCC.CCN1CCOC1=O. The third-order valence-electron chi connectivity index (χ3n) is 1.23. The van der Waals surface area contributed by atoms with Gasteiger partial charge < -0.3 is 9.64 Å². The molecule has 0 aliphatic carbocycles. The van der Waals surface area contributed by atoms with Gasteiger partial charge in [0.05, 0.1) is 6.54 Å². The maximum atomic E-state index is 10.5. The molecular formula is C8H17NO2. The summed E-state index contributed by atoms with van der Waals surface area (Å²) >= 11 is 0. The standard InChI is InChI=1S/C5H9NO2.C3H8/c1-2-6-3-4-8-5(6)7;1-3-2/h2-4H2,1H3;3H2,1-2H3. The van der Waals surface area contributed by atoms with Gasteiger partial charge in [-0.2, -0.15) is 0 Å². The first-order valence-electron chi connectivity index (χ1n) is 4.17. The van der Waals surface area contributed by atoms with E-state index in [-0.39, 0.29) is 6.09 Å². The summed E-state index contributed by atoms with van der Waals surface area (Å²) in [6.45, 7) is 8.27. The van der Waals surface area contributed by atoms with Crippen LogP contribution in [0.1, 0.15) is 27.2 Å². The number of rotatable bonds is 1. The Morgan fingerprint density at radius 3 is 2.18 bits per heavy atom. The normalized spacial score (nSPS) is 15.5. The number of ether oxygens (including phenoxy) is 1. The predicted octanol–water partition coefficient (Wildman–Crippen LogP) is 1.87. The molecule has 1 aliphatic heterocycles. The fourth-order valence-corrected chi connectivity index (χ4v) is 0.713. The summed E-state index contributed by atoms with van der Waals surface area (Å²) in [5, 5.41) is 0. The van der Waals surface area contributed by atoms with Crippen LogP contribution in [0.25, 0.3) is 0 Å². The topological polar surface area (TPSA) is 29.5 Å². The number of likely N-dealkylation sites (N-methyl/N-ethyl adjacent to an activating group) is 1. The summed E-state index contributed by atoms with van der Waals surface area (Å²) < 4.78 is 4.64. The molecule has 11 heavy (non-hydrogen) atoms. The van der Waals surface area contributed by atoms with Crippen LogP contribution in [0.5, 0.6) is 0 Å². The predicted molar refractivity (Wildman–Crippen MR) is 44.6 cm³/mol. The van der Waals surface area contributed by atoms with Gasteiger partial charge in [0.25, 0.3) is 0 Å². The van der Waals surface area contributed by atoms with Crippen molar-refractivity contribution in [3.63, 3.8) is 0 Å². The molecule has 1 aliphatic rings. The minimum atomic E-state index is -0.174. The van der Waals surface area contributed by atoms with E-state index in [0.29, 0.717) is 6.61 Å². The second-order valence-electron chi connectivity index (χ2n) is 2.40. The van der Waals surface area contributed by atoms with Gasteiger partial charge in [0.1, 0.15) is 6.61 Å². The molecule has 3 heteroatoms. The van der Waals surface area contributed by atoms with Gasteiger partial charge in [-0.25, -0.2) is 4.79 Å². The van der Waals surface area contributed by atoms with Crippen LogP contribution in [0.3, 0.4) is 0 Å². The number of hydrogen-bond acceptors (Lipinski definition) is 2. The summed E-state index contributed by atoms with van der Waals surface area (Å²) in [5.74, 6) is 0. The van der Waals surface area contributed by atoms with Gasteiger partial charge in [-0.3, -0.25) is 0 Å². The fourth-order valence-electron chi connectivity index (χ4n) is 0.713. The Kier molecular flexibility index (Phi) is 5.61. The zero-order valence-corrected chi connectivity index (χ0v) is 7.59. The molecule has 3 nitrogen and oxygen atoms in total.